The third kappa shape index (κ3) is 2.63. The molecule has 0 saturated heterocycles. The Morgan fingerprint density at radius 1 is 1.32 bits per heavy atom. The fraction of sp³-hybridized carbons (Fsp3) is 0. The lowest BCUT2D eigenvalue weighted by Crippen LogP contribution is -2.13. The van der Waals surface area contributed by atoms with E-state index in [4.69, 9.17) is 4.42 Å². The van der Waals surface area contributed by atoms with Gasteiger partial charge in [0.1, 0.15) is 29.7 Å². The summed E-state index contributed by atoms with van der Waals surface area (Å²) in [4.78, 5) is 33.3. The number of rotatable bonds is 4. The lowest BCUT2D eigenvalue weighted by Gasteiger charge is -2.03. The zero-order valence-corrected chi connectivity index (χ0v) is 10.8. The minimum Gasteiger partial charge on any atom is -0.395 e. The monoisotopic (exact) mass is 301 g/mol. The molecule has 11 nitrogen and oxygen atoms in total. The molecule has 110 valence electrons. The van der Waals surface area contributed by atoms with Crippen LogP contribution in [-0.2, 0) is 0 Å². The molecule has 11 heteroatoms. The lowest BCUT2D eigenvalue weighted by atomic mass is 10.4. The average molecular weight is 301 g/mol. The predicted octanol–water partition coefficient (Wildman–Crippen LogP) is 0.811. The van der Waals surface area contributed by atoms with Gasteiger partial charge in [-0.25, -0.2) is 19.6 Å². The zero-order valence-electron chi connectivity index (χ0n) is 10.8. The summed E-state index contributed by atoms with van der Waals surface area (Å²) in [6.45, 7) is 0. The van der Waals surface area contributed by atoms with E-state index >= 15 is 0 Å². The van der Waals surface area contributed by atoms with Crippen LogP contribution in [0, 0.1) is 10.1 Å². The summed E-state index contributed by atoms with van der Waals surface area (Å²) in [7, 11) is 0. The molecule has 0 bridgehead atoms. The van der Waals surface area contributed by atoms with E-state index in [1.165, 1.54) is 35.8 Å². The van der Waals surface area contributed by atoms with Crippen molar-refractivity contribution in [3.8, 4) is 5.82 Å². The second-order valence-corrected chi connectivity index (χ2v) is 3.95. The largest absolute Gasteiger partial charge is 0.433 e. The molecule has 0 radical (unpaired) electrons. The van der Waals surface area contributed by atoms with Gasteiger partial charge in [0.2, 0.25) is 0 Å². The maximum atomic E-state index is 11.9. The van der Waals surface area contributed by atoms with Gasteiger partial charge in [0, 0.05) is 6.07 Å². The molecule has 0 fully saturated rings. The maximum absolute atomic E-state index is 11.9. The van der Waals surface area contributed by atoms with E-state index in [2.05, 4.69) is 25.4 Å². The minimum atomic E-state index is -0.732. The van der Waals surface area contributed by atoms with Gasteiger partial charge in [0.25, 0.3) is 5.91 Å². The molecule has 3 aromatic rings. The van der Waals surface area contributed by atoms with E-state index in [9.17, 15) is 14.9 Å². The van der Waals surface area contributed by atoms with Gasteiger partial charge in [-0.3, -0.25) is 14.9 Å². The second kappa shape index (κ2) is 5.40. The van der Waals surface area contributed by atoms with Crippen LogP contribution < -0.4 is 5.32 Å². The molecule has 1 amide bonds. The molecule has 0 aliphatic heterocycles. The summed E-state index contributed by atoms with van der Waals surface area (Å²) >= 11 is 0. The van der Waals surface area contributed by atoms with Crippen LogP contribution >= 0.6 is 0 Å². The Labute approximate surface area is 121 Å². The Hall–Kier alpha value is -3.63. The highest BCUT2D eigenvalue weighted by atomic mass is 16.6. The van der Waals surface area contributed by atoms with E-state index in [-0.39, 0.29) is 11.6 Å². The van der Waals surface area contributed by atoms with Crippen molar-refractivity contribution in [2.45, 2.75) is 0 Å². The molecule has 0 atom stereocenters. The highest BCUT2D eigenvalue weighted by Gasteiger charge is 2.17. The second-order valence-electron chi connectivity index (χ2n) is 3.95. The van der Waals surface area contributed by atoms with Crippen LogP contribution in [0.3, 0.4) is 0 Å². The Morgan fingerprint density at radius 2 is 2.18 bits per heavy atom. The van der Waals surface area contributed by atoms with Gasteiger partial charge in [-0.2, -0.15) is 5.10 Å². The number of aromatic nitrogens is 5. The first kappa shape index (κ1) is 13.4. The van der Waals surface area contributed by atoms with E-state index in [0.29, 0.717) is 5.82 Å². The molecule has 0 saturated carbocycles. The van der Waals surface area contributed by atoms with Crippen LogP contribution in [0.2, 0.25) is 0 Å². The lowest BCUT2D eigenvalue weighted by molar-refractivity contribution is -0.402. The van der Waals surface area contributed by atoms with Crippen LogP contribution in [0.15, 0.2) is 41.6 Å². The first-order chi connectivity index (χ1) is 10.6. The molecule has 0 aliphatic rings. The Balaban J connectivity index is 1.79. The van der Waals surface area contributed by atoms with E-state index in [0.717, 1.165) is 6.07 Å². The molecule has 0 spiro atoms. The number of carbonyl (C=O) groups excluding carboxylic acids is 1. The van der Waals surface area contributed by atoms with Gasteiger partial charge in [-0.05, 0) is 6.07 Å². The van der Waals surface area contributed by atoms with Crippen molar-refractivity contribution in [1.29, 1.82) is 0 Å². The number of hydrogen-bond acceptors (Lipinski definition) is 8. The van der Waals surface area contributed by atoms with Gasteiger partial charge in [-0.1, -0.05) is 0 Å². The Bertz CT molecular complexity index is 827. The smallest absolute Gasteiger partial charge is 0.395 e. The summed E-state index contributed by atoms with van der Waals surface area (Å²) < 4.78 is 6.18. The maximum Gasteiger partial charge on any atom is 0.433 e. The molecule has 0 unspecified atom stereocenters. The van der Waals surface area contributed by atoms with Gasteiger partial charge < -0.3 is 9.73 Å². The quantitative estimate of drug-likeness (QED) is 0.551. The number of nitrogens with one attached hydrogen (secondary N) is 1. The first-order valence-corrected chi connectivity index (χ1v) is 5.86. The standard InChI is InChI=1S/C11H7N7O4/c19-11(7-1-2-10(22-7)18(20)21)16-8-3-9(14-5-13-8)17-6-12-4-15-17/h1-6H,(H,13,14,16,19). The van der Waals surface area contributed by atoms with Crippen molar-refractivity contribution >= 4 is 17.6 Å². The third-order valence-corrected chi connectivity index (χ3v) is 2.54. The van der Waals surface area contributed by atoms with Gasteiger partial charge >= 0.3 is 5.88 Å². The van der Waals surface area contributed by atoms with Gasteiger partial charge in [-0.15, -0.1) is 0 Å². The number of nitrogens with zero attached hydrogens (tertiary/aromatic N) is 6. The SMILES string of the molecule is O=C(Nc1cc(-n2cncn2)ncn1)c1ccc([N+](=O)[O-])o1. The fourth-order valence-corrected chi connectivity index (χ4v) is 1.59. The molecular weight excluding hydrogens is 294 g/mol. The normalized spacial score (nSPS) is 10.4. The zero-order chi connectivity index (χ0) is 15.5. The summed E-state index contributed by atoms with van der Waals surface area (Å²) in [6, 6.07) is 3.76. The Kier molecular flexibility index (Phi) is 3.28. The average Bonchev–Trinajstić information content (AvgIpc) is 3.19. The molecule has 3 rings (SSSR count). The molecule has 0 aromatic carbocycles. The molecule has 1 N–H and O–H groups in total. The van der Waals surface area contributed by atoms with Crippen molar-refractivity contribution in [1.82, 2.24) is 24.7 Å². The number of furan rings is 1. The van der Waals surface area contributed by atoms with Crippen molar-refractivity contribution < 1.29 is 14.1 Å². The van der Waals surface area contributed by atoms with Gasteiger partial charge in [0.15, 0.2) is 11.6 Å². The van der Waals surface area contributed by atoms with Crippen LogP contribution in [0.25, 0.3) is 5.82 Å². The molecule has 22 heavy (non-hydrogen) atoms. The van der Waals surface area contributed by atoms with Crippen molar-refractivity contribution in [3.63, 3.8) is 0 Å². The van der Waals surface area contributed by atoms with Crippen molar-refractivity contribution in [2.75, 3.05) is 5.32 Å². The van der Waals surface area contributed by atoms with Crippen LogP contribution in [-0.4, -0.2) is 35.6 Å². The summed E-state index contributed by atoms with van der Waals surface area (Å²) in [5.74, 6) is -0.808. The highest BCUT2D eigenvalue weighted by molar-refractivity contribution is 6.01. The number of hydrogen-bond donors (Lipinski definition) is 1. The van der Waals surface area contributed by atoms with Crippen LogP contribution in [0.1, 0.15) is 10.6 Å². The number of nitro groups is 1. The molecule has 3 aromatic heterocycles. The summed E-state index contributed by atoms with van der Waals surface area (Å²) in [6.07, 6.45) is 4.00. The van der Waals surface area contributed by atoms with E-state index < -0.39 is 16.7 Å². The topological polar surface area (TPSA) is 142 Å². The van der Waals surface area contributed by atoms with E-state index in [1.807, 2.05) is 0 Å². The fourth-order valence-electron chi connectivity index (χ4n) is 1.59. The molecular formula is C11H7N7O4. The third-order valence-electron chi connectivity index (χ3n) is 2.54. The molecule has 3 heterocycles. The van der Waals surface area contributed by atoms with Crippen LogP contribution in [0.5, 0.6) is 0 Å². The van der Waals surface area contributed by atoms with Gasteiger partial charge in [0.05, 0.1) is 6.07 Å². The minimum absolute atomic E-state index is 0.185. The number of amides is 1. The number of carbonyl (C=O) groups is 1. The van der Waals surface area contributed by atoms with Crippen LogP contribution in [0.4, 0.5) is 11.7 Å². The molecule has 0 aliphatic carbocycles. The Morgan fingerprint density at radius 3 is 2.86 bits per heavy atom. The summed E-state index contributed by atoms with van der Waals surface area (Å²) in [5, 5.41) is 16.9. The first-order valence-electron chi connectivity index (χ1n) is 5.86. The van der Waals surface area contributed by atoms with E-state index in [1.54, 1.807) is 0 Å². The highest BCUT2D eigenvalue weighted by Crippen LogP contribution is 2.17. The predicted molar refractivity (Wildman–Crippen MR) is 70.3 cm³/mol. The summed E-state index contributed by atoms with van der Waals surface area (Å²) in [5.41, 5.74) is 0. The number of anilines is 1. The van der Waals surface area contributed by atoms with Crippen molar-refractivity contribution in [2.24, 2.45) is 0 Å². The van der Waals surface area contributed by atoms with Crippen molar-refractivity contribution in [3.05, 3.63) is 53.1 Å².